The topological polar surface area (TPSA) is 74.6 Å². The second-order valence-corrected chi connectivity index (χ2v) is 3.99. The average molecular weight is 313 g/mol. The second-order valence-electron chi connectivity index (χ2n) is 2.20. The molecule has 1 rings (SSSR count). The van der Waals surface area contributed by atoms with Crippen molar-refractivity contribution in [3.63, 3.8) is 0 Å². The van der Waals surface area contributed by atoms with Crippen LogP contribution in [-0.4, -0.2) is 79.0 Å². The summed E-state index contributed by atoms with van der Waals surface area (Å²) in [5.74, 6) is -1.13. The van der Waals surface area contributed by atoms with Crippen molar-refractivity contribution < 1.29 is 18.7 Å². The summed E-state index contributed by atoms with van der Waals surface area (Å²) in [6.07, 6.45) is 0. The van der Waals surface area contributed by atoms with E-state index in [1.807, 2.05) is 0 Å². The first-order valence-electron chi connectivity index (χ1n) is 3.16. The van der Waals surface area contributed by atoms with Crippen LogP contribution in [0.3, 0.4) is 0 Å². The minimum atomic E-state index is -2.18. The fourth-order valence-electron chi connectivity index (χ4n) is 0.770. The first-order chi connectivity index (χ1) is 6.02. The molecule has 0 fully saturated rings. The molecular weight excluding hydrogens is 306 g/mol. The first kappa shape index (κ1) is 18.6. The van der Waals surface area contributed by atoms with E-state index in [4.69, 9.17) is 9.66 Å². The van der Waals surface area contributed by atoms with Crippen LogP contribution in [0.25, 0.3) is 0 Å². The van der Waals surface area contributed by atoms with Crippen molar-refractivity contribution in [1.82, 2.24) is 0 Å². The van der Waals surface area contributed by atoms with Crippen molar-refractivity contribution in [2.75, 3.05) is 0 Å². The van der Waals surface area contributed by atoms with Crippen LogP contribution in [0.2, 0.25) is 0 Å². The summed E-state index contributed by atoms with van der Waals surface area (Å²) in [4.78, 5) is 10.5. The number of hydrogen-bond acceptors (Lipinski definition) is 2. The Hall–Kier alpha value is 1.28. The molecule has 0 aliphatic carbocycles. The average Bonchev–Trinajstić information content (AvgIpc) is 2.04. The van der Waals surface area contributed by atoms with Gasteiger partial charge in [0.05, 0.1) is 10.5 Å². The van der Waals surface area contributed by atoms with E-state index >= 15 is 0 Å². The standard InChI is InChI=1S/C7H5BrO4S.2Na.2H/c8-5-2-1-4(7(9)10)3-6(5)13(11)12;;;;/h1-3H,(H,9,10)(H,11,12);;;;. The summed E-state index contributed by atoms with van der Waals surface area (Å²) in [5.41, 5.74) is -0.0133. The van der Waals surface area contributed by atoms with E-state index in [1.54, 1.807) is 0 Å². The van der Waals surface area contributed by atoms with Crippen molar-refractivity contribution in [2.24, 2.45) is 0 Å². The molecule has 4 nitrogen and oxygen atoms in total. The van der Waals surface area contributed by atoms with Crippen LogP contribution in [0.4, 0.5) is 0 Å². The molecule has 8 heteroatoms. The Labute approximate surface area is 142 Å². The fourth-order valence-corrected chi connectivity index (χ4v) is 1.89. The van der Waals surface area contributed by atoms with Gasteiger partial charge in [-0.1, -0.05) is 0 Å². The van der Waals surface area contributed by atoms with Gasteiger partial charge in [0.25, 0.3) is 0 Å². The molecule has 1 unspecified atom stereocenters. The molecule has 1 aromatic rings. The number of aromatic carboxylic acids is 1. The van der Waals surface area contributed by atoms with Crippen molar-refractivity contribution >= 4 is 92.1 Å². The Morgan fingerprint density at radius 1 is 1.33 bits per heavy atom. The SMILES string of the molecule is O=C(O)c1ccc(Br)c(S(=O)O)c1.[NaH].[NaH]. The van der Waals surface area contributed by atoms with Crippen molar-refractivity contribution in [1.29, 1.82) is 0 Å². The van der Waals surface area contributed by atoms with E-state index in [2.05, 4.69) is 15.9 Å². The second kappa shape index (κ2) is 8.38. The number of carboxylic acids is 1. The number of halogens is 1. The zero-order valence-corrected chi connectivity index (χ0v) is 8.63. The number of hydrogen-bond donors (Lipinski definition) is 2. The van der Waals surface area contributed by atoms with Crippen LogP contribution in [0.5, 0.6) is 0 Å². The van der Waals surface area contributed by atoms with Gasteiger partial charge in [-0.3, -0.25) is 0 Å². The van der Waals surface area contributed by atoms with Crippen molar-refractivity contribution in [3.8, 4) is 0 Å². The fraction of sp³-hybridized carbons (Fsp3) is 0. The third-order valence-electron chi connectivity index (χ3n) is 1.37. The van der Waals surface area contributed by atoms with Crippen LogP contribution < -0.4 is 0 Å². The van der Waals surface area contributed by atoms with Gasteiger partial charge in [-0.2, -0.15) is 0 Å². The molecule has 0 aliphatic rings. The Balaban J connectivity index is 0. The van der Waals surface area contributed by atoms with E-state index < -0.39 is 17.0 Å². The van der Waals surface area contributed by atoms with Crippen LogP contribution in [0.15, 0.2) is 27.6 Å². The van der Waals surface area contributed by atoms with Gasteiger partial charge in [0, 0.05) is 4.47 Å². The van der Waals surface area contributed by atoms with Gasteiger partial charge in [-0.05, 0) is 34.1 Å². The summed E-state index contributed by atoms with van der Waals surface area (Å²) in [6.45, 7) is 0. The van der Waals surface area contributed by atoms with Crippen LogP contribution >= 0.6 is 15.9 Å². The van der Waals surface area contributed by atoms with Gasteiger partial charge in [0.2, 0.25) is 0 Å². The van der Waals surface area contributed by atoms with Gasteiger partial charge in [0.1, 0.15) is 0 Å². The molecule has 0 bridgehead atoms. The van der Waals surface area contributed by atoms with Crippen LogP contribution in [0, 0.1) is 0 Å². The van der Waals surface area contributed by atoms with Crippen LogP contribution in [-0.2, 0) is 11.1 Å². The molecular formula is C7H7BrNa2O4S. The molecule has 2 N–H and O–H groups in total. The Morgan fingerprint density at radius 3 is 2.27 bits per heavy atom. The van der Waals surface area contributed by atoms with Gasteiger partial charge < -0.3 is 9.66 Å². The van der Waals surface area contributed by atoms with E-state index in [-0.39, 0.29) is 69.6 Å². The zero-order chi connectivity index (χ0) is 10.0. The molecule has 0 saturated heterocycles. The van der Waals surface area contributed by atoms with Gasteiger partial charge in [-0.25, -0.2) is 9.00 Å². The van der Waals surface area contributed by atoms with E-state index in [0.717, 1.165) is 6.07 Å². The van der Waals surface area contributed by atoms with Gasteiger partial charge in [0.15, 0.2) is 11.1 Å². The van der Waals surface area contributed by atoms with Gasteiger partial charge >= 0.3 is 65.1 Å². The molecule has 0 amide bonds. The van der Waals surface area contributed by atoms with Crippen LogP contribution in [0.1, 0.15) is 10.4 Å². The summed E-state index contributed by atoms with van der Waals surface area (Å²) in [7, 11) is 0. The van der Waals surface area contributed by atoms with E-state index in [1.165, 1.54) is 12.1 Å². The third kappa shape index (κ3) is 5.43. The summed E-state index contributed by atoms with van der Waals surface area (Å²) in [6, 6.07) is 3.93. The molecule has 1 atom stereocenters. The molecule has 0 saturated carbocycles. The molecule has 15 heavy (non-hydrogen) atoms. The summed E-state index contributed by atoms with van der Waals surface area (Å²) in [5, 5.41) is 8.59. The summed E-state index contributed by atoms with van der Waals surface area (Å²) >= 11 is 0.857. The number of benzene rings is 1. The monoisotopic (exact) mass is 312 g/mol. The van der Waals surface area contributed by atoms with Crippen molar-refractivity contribution in [3.05, 3.63) is 28.2 Å². The quantitative estimate of drug-likeness (QED) is 0.613. The number of rotatable bonds is 2. The third-order valence-corrected chi connectivity index (χ3v) is 3.03. The maximum atomic E-state index is 10.7. The molecule has 0 radical (unpaired) electrons. The zero-order valence-electron chi connectivity index (χ0n) is 6.23. The normalized spacial score (nSPS) is 10.8. The van der Waals surface area contributed by atoms with Gasteiger partial charge in [-0.15, -0.1) is 0 Å². The van der Waals surface area contributed by atoms with E-state index in [0.29, 0.717) is 4.47 Å². The molecule has 1 aromatic carbocycles. The molecule has 0 aliphatic heterocycles. The number of carbonyl (C=O) groups is 1. The predicted octanol–water partition coefficient (Wildman–Crippen LogP) is 0.431. The molecule has 0 aromatic heterocycles. The Morgan fingerprint density at radius 2 is 1.87 bits per heavy atom. The summed E-state index contributed by atoms with van der Waals surface area (Å²) < 4.78 is 19.9. The Kier molecular flexibility index (Phi) is 10.4. The molecule has 0 heterocycles. The Bertz CT molecular complexity index is 385. The molecule has 74 valence electrons. The first-order valence-corrected chi connectivity index (χ1v) is 5.06. The van der Waals surface area contributed by atoms with E-state index in [9.17, 15) is 9.00 Å². The maximum absolute atomic E-state index is 10.7. The number of carboxylic acid groups (broad SMARTS) is 1. The predicted molar refractivity (Wildman–Crippen MR) is 64.4 cm³/mol. The minimum absolute atomic E-state index is 0. The molecule has 0 spiro atoms. The van der Waals surface area contributed by atoms with Crippen molar-refractivity contribution in [2.45, 2.75) is 4.90 Å².